The Hall–Kier alpha value is -7.15. The second-order valence-corrected chi connectivity index (χ2v) is 20.3. The van der Waals surface area contributed by atoms with Crippen LogP contribution in [0.4, 0.5) is 0 Å². The van der Waals surface area contributed by atoms with Crippen molar-refractivity contribution in [1.29, 1.82) is 0 Å². The predicted octanol–water partition coefficient (Wildman–Crippen LogP) is 5.76. The van der Waals surface area contributed by atoms with Crippen LogP contribution >= 0.6 is 0 Å². The number of ether oxygens (including phenoxy) is 3. The van der Waals surface area contributed by atoms with Gasteiger partial charge in [0.1, 0.15) is 41.2 Å². The molecule has 402 valence electrons. The van der Waals surface area contributed by atoms with E-state index in [0.29, 0.717) is 16.7 Å². The molecule has 78 heavy (non-hydrogen) atoms. The maximum Gasteiger partial charge on any atom is 0.200 e. The number of benzene rings is 7. The Morgan fingerprint density at radius 3 is 1.38 bits per heavy atom. The van der Waals surface area contributed by atoms with Gasteiger partial charge in [0.05, 0.1) is 12.7 Å². The average Bonchev–Trinajstić information content (AvgIpc) is 1.33. The van der Waals surface area contributed by atoms with E-state index in [1.165, 1.54) is 72.8 Å². The van der Waals surface area contributed by atoms with Gasteiger partial charge in [-0.1, -0.05) is 218 Å². The molecule has 14 heteroatoms. The lowest BCUT2D eigenvalue weighted by Gasteiger charge is -2.68. The summed E-state index contributed by atoms with van der Waals surface area (Å²) in [5.74, 6) is -4.16. The van der Waals surface area contributed by atoms with E-state index < -0.39 is 119 Å². The maximum atomic E-state index is 16.1. The summed E-state index contributed by atoms with van der Waals surface area (Å²) in [6.07, 6.45) is -16.6. The van der Waals surface area contributed by atoms with Crippen LogP contribution in [-0.2, 0) is 40.1 Å². The zero-order valence-electron chi connectivity index (χ0n) is 42.5. The van der Waals surface area contributed by atoms with E-state index in [-0.39, 0.29) is 23.1 Å². The zero-order valence-corrected chi connectivity index (χ0v) is 42.5. The molecule has 7 aromatic rings. The molecule has 12 atom stereocenters. The molecule has 2 aliphatic heterocycles. The number of aliphatic hydroxyl groups is 8. The molecule has 0 radical (unpaired) electrons. The number of aliphatic hydroxyl groups excluding tert-OH is 2. The van der Waals surface area contributed by atoms with Crippen molar-refractivity contribution >= 4 is 17.3 Å². The van der Waals surface area contributed by atoms with Crippen molar-refractivity contribution in [2.75, 3.05) is 0 Å². The molecule has 2 saturated heterocycles. The van der Waals surface area contributed by atoms with Gasteiger partial charge in [0.25, 0.3) is 0 Å². The van der Waals surface area contributed by atoms with Gasteiger partial charge in [0.2, 0.25) is 0 Å². The summed E-state index contributed by atoms with van der Waals surface area (Å²) in [5, 5.41) is 111. The van der Waals surface area contributed by atoms with Gasteiger partial charge in [-0.05, 0) is 22.3 Å². The first-order valence-corrected chi connectivity index (χ1v) is 25.7. The molecule has 14 nitrogen and oxygen atoms in total. The van der Waals surface area contributed by atoms with Gasteiger partial charge in [-0.2, -0.15) is 0 Å². The van der Waals surface area contributed by atoms with Crippen molar-refractivity contribution < 1.29 is 69.4 Å². The molecule has 7 aromatic carbocycles. The number of hydrogen-bond acceptors (Lipinski definition) is 14. The van der Waals surface area contributed by atoms with E-state index in [9.17, 15) is 45.6 Å². The molecule has 0 saturated carbocycles. The molecule has 0 amide bonds. The Bertz CT molecular complexity index is 3160. The van der Waals surface area contributed by atoms with Crippen LogP contribution in [0.5, 0.6) is 0 Å². The Morgan fingerprint density at radius 2 is 0.910 bits per heavy atom. The van der Waals surface area contributed by atoms with Gasteiger partial charge >= 0.3 is 0 Å². The first kappa shape index (κ1) is 55.6. The van der Waals surface area contributed by atoms with Gasteiger partial charge in [-0.3, -0.25) is 14.4 Å². The van der Waals surface area contributed by atoms with E-state index in [1.54, 1.807) is 140 Å². The number of rotatable bonds is 20. The lowest BCUT2D eigenvalue weighted by molar-refractivity contribution is -0.453. The quantitative estimate of drug-likeness (QED) is 0.0335. The molecule has 0 bridgehead atoms. The summed E-state index contributed by atoms with van der Waals surface area (Å²) in [7, 11) is 0. The Morgan fingerprint density at radius 1 is 0.500 bits per heavy atom. The van der Waals surface area contributed by atoms with Gasteiger partial charge in [0, 0.05) is 42.4 Å². The molecule has 8 N–H and O–H groups in total. The molecule has 0 spiro atoms. The van der Waals surface area contributed by atoms with Crippen LogP contribution in [0.25, 0.3) is 0 Å². The molecule has 2 unspecified atom stereocenters. The maximum absolute atomic E-state index is 16.1. The van der Waals surface area contributed by atoms with Gasteiger partial charge in [-0.15, -0.1) is 6.58 Å². The second-order valence-electron chi connectivity index (χ2n) is 20.3. The van der Waals surface area contributed by atoms with Crippen molar-refractivity contribution in [3.05, 3.63) is 264 Å². The standard InChI is InChI=1S/C64H62O14/c1-2-38-60(71)62(73,53(68)48-34-20-8-21-35-48)56(52(67)51(66)47-32-18-7-19-33-47)77-57(63(60,74)54(69)49-36-22-9-23-37-49)64(75)58(76-42-46-30-16-6-17-31-46)78-55(50(65)39-43-24-10-3-11-25-43)59(70,40-44-26-12-4-13-27-44)61(64,72)41-45-28-14-5-15-29-45/h2-37,50,52,55-58,65,67,70-75H,1,38-42H2/t50?,52?,55-,56-,57-,58+,59-,60+,61+,62-,63-,64-/m1/s1. The summed E-state index contributed by atoms with van der Waals surface area (Å²) in [6, 6.07) is 54.4. The largest absolute Gasteiger partial charge is 0.390 e. The van der Waals surface area contributed by atoms with Crippen molar-refractivity contribution in [3.63, 3.8) is 0 Å². The summed E-state index contributed by atoms with van der Waals surface area (Å²) in [5.41, 5.74) is -21.0. The SMILES string of the molecule is C=CC[C@]1(O)[C@@](O)(C(=O)c2ccccc2)[C@@H](C(O)C(=O)c2ccccc2)O[C@@H]([C@@]2(O)[C@@H](OCc3ccccc3)O[C@H](C(O)Cc3ccccc3)[C@](O)(Cc3ccccc3)[C@@]2(O)Cc2ccccc2)[C@]1(O)C(=O)c1ccccc1. The van der Waals surface area contributed by atoms with Gasteiger partial charge in [-0.25, -0.2) is 0 Å². The normalized spacial score (nSPS) is 29.6. The van der Waals surface area contributed by atoms with Crippen molar-refractivity contribution in [3.8, 4) is 0 Å². The van der Waals surface area contributed by atoms with E-state index >= 15 is 9.59 Å². The van der Waals surface area contributed by atoms with Crippen LogP contribution in [0.15, 0.2) is 225 Å². The molecule has 2 fully saturated rings. The molecule has 0 aromatic heterocycles. The monoisotopic (exact) mass is 1050 g/mol. The summed E-state index contributed by atoms with van der Waals surface area (Å²) < 4.78 is 20.2. The Labute approximate surface area is 451 Å². The first-order valence-electron chi connectivity index (χ1n) is 25.7. The smallest absolute Gasteiger partial charge is 0.200 e. The highest BCUT2D eigenvalue weighted by Gasteiger charge is 2.86. The van der Waals surface area contributed by atoms with Crippen LogP contribution in [0.1, 0.15) is 59.7 Å². The van der Waals surface area contributed by atoms with Gasteiger partial charge < -0.3 is 55.1 Å². The van der Waals surface area contributed by atoms with Crippen LogP contribution in [0.3, 0.4) is 0 Å². The minimum Gasteiger partial charge on any atom is -0.390 e. The van der Waals surface area contributed by atoms with E-state index in [4.69, 9.17) is 14.2 Å². The topological polar surface area (TPSA) is 241 Å². The fourth-order valence-corrected chi connectivity index (χ4v) is 11.6. The van der Waals surface area contributed by atoms with Crippen LogP contribution in [0.2, 0.25) is 0 Å². The molecule has 2 heterocycles. The summed E-state index contributed by atoms with van der Waals surface area (Å²) in [6.45, 7) is 3.32. The van der Waals surface area contributed by atoms with Gasteiger partial charge in [0.15, 0.2) is 40.4 Å². The highest BCUT2D eigenvalue weighted by Crippen LogP contribution is 2.59. The lowest BCUT2D eigenvalue weighted by atomic mass is 9.50. The minimum absolute atomic E-state index is 0.176. The van der Waals surface area contributed by atoms with Crippen LogP contribution in [0, 0.1) is 0 Å². The van der Waals surface area contributed by atoms with Crippen LogP contribution in [-0.4, -0.2) is 129 Å². The number of carbonyl (C=O) groups is 3. The second kappa shape index (κ2) is 22.7. The van der Waals surface area contributed by atoms with Crippen molar-refractivity contribution in [2.45, 2.75) is 103 Å². The Balaban J connectivity index is 1.40. The fraction of sp³-hybridized carbons (Fsp3) is 0.266. The van der Waals surface area contributed by atoms with Crippen molar-refractivity contribution in [1.82, 2.24) is 0 Å². The summed E-state index contributed by atoms with van der Waals surface area (Å²) in [4.78, 5) is 46.5. The molecule has 0 aliphatic carbocycles. The molecule has 9 rings (SSSR count). The molecular weight excluding hydrogens is 993 g/mol. The van der Waals surface area contributed by atoms with E-state index in [1.807, 2.05) is 0 Å². The zero-order chi connectivity index (χ0) is 55.4. The third kappa shape index (κ3) is 9.58. The number of Topliss-reactive ketones (excluding diaryl/α,β-unsaturated/α-hetero) is 3. The predicted molar refractivity (Wildman–Crippen MR) is 288 cm³/mol. The third-order valence-electron chi connectivity index (χ3n) is 15.5. The molecular formula is C64H62O14. The third-order valence-corrected chi connectivity index (χ3v) is 15.5. The fourth-order valence-electron chi connectivity index (χ4n) is 11.6. The summed E-state index contributed by atoms with van der Waals surface area (Å²) >= 11 is 0. The highest BCUT2D eigenvalue weighted by atomic mass is 16.7. The lowest BCUT2D eigenvalue weighted by Crippen LogP contribution is -2.93. The average molecular weight is 1060 g/mol. The Kier molecular flexibility index (Phi) is 16.2. The minimum atomic E-state index is -3.96. The van der Waals surface area contributed by atoms with E-state index in [0.717, 1.165) is 6.08 Å². The number of ketones is 3. The number of hydrogen-bond donors (Lipinski definition) is 8. The first-order chi connectivity index (χ1) is 37.5. The van der Waals surface area contributed by atoms with Crippen LogP contribution < -0.4 is 0 Å². The highest BCUT2D eigenvalue weighted by molar-refractivity contribution is 6.10. The molecule has 2 aliphatic rings. The van der Waals surface area contributed by atoms with Crippen molar-refractivity contribution in [2.24, 2.45) is 0 Å². The van der Waals surface area contributed by atoms with E-state index in [2.05, 4.69) is 6.58 Å². The number of carbonyl (C=O) groups excluding carboxylic acids is 3.